The molecule has 0 bridgehead atoms. The topological polar surface area (TPSA) is 55.1 Å². The van der Waals surface area contributed by atoms with Gasteiger partial charge in [0, 0.05) is 0 Å². The monoisotopic (exact) mass is 236 g/mol. The van der Waals surface area contributed by atoms with E-state index in [9.17, 15) is 4.79 Å². The Morgan fingerprint density at radius 2 is 2.06 bits per heavy atom. The number of hydrogen-bond acceptors (Lipinski definition) is 2. The number of hydrogen-bond donors (Lipinski definition) is 1. The molecule has 0 aliphatic heterocycles. The minimum atomic E-state index is -0.860. The molecule has 1 aliphatic carbocycles. The fourth-order valence-corrected chi connectivity index (χ4v) is 2.74. The summed E-state index contributed by atoms with van der Waals surface area (Å²) in [4.78, 5) is 11.1. The highest BCUT2D eigenvalue weighted by molar-refractivity contribution is 5.88. The van der Waals surface area contributed by atoms with Gasteiger partial charge in [-0.2, -0.15) is 5.10 Å². The first-order valence-electron chi connectivity index (χ1n) is 6.53. The van der Waals surface area contributed by atoms with Gasteiger partial charge in [-0.25, -0.2) is 4.79 Å². The van der Waals surface area contributed by atoms with E-state index in [0.717, 1.165) is 25.0 Å². The zero-order valence-corrected chi connectivity index (χ0v) is 10.4. The highest BCUT2D eigenvalue weighted by atomic mass is 16.4. The van der Waals surface area contributed by atoms with E-state index in [-0.39, 0.29) is 0 Å². The Labute approximate surface area is 102 Å². The van der Waals surface area contributed by atoms with Gasteiger partial charge in [0.1, 0.15) is 5.56 Å². The average Bonchev–Trinajstić information content (AvgIpc) is 2.56. The van der Waals surface area contributed by atoms with E-state index in [0.29, 0.717) is 11.6 Å². The molecule has 94 valence electrons. The number of carboxylic acids is 1. The first-order valence-corrected chi connectivity index (χ1v) is 6.53. The molecule has 0 atom stereocenters. The third kappa shape index (κ3) is 2.51. The number of carboxylic acid groups (broad SMARTS) is 1. The van der Waals surface area contributed by atoms with Gasteiger partial charge in [-0.3, -0.25) is 4.68 Å². The zero-order valence-electron chi connectivity index (χ0n) is 10.4. The molecule has 17 heavy (non-hydrogen) atoms. The highest BCUT2D eigenvalue weighted by Gasteiger charge is 2.21. The summed E-state index contributed by atoms with van der Waals surface area (Å²) in [6, 6.07) is 0.403. The van der Waals surface area contributed by atoms with E-state index in [1.165, 1.54) is 31.9 Å². The van der Waals surface area contributed by atoms with Gasteiger partial charge in [0.15, 0.2) is 0 Å². The molecule has 0 radical (unpaired) electrons. The first kappa shape index (κ1) is 12.1. The maximum absolute atomic E-state index is 11.1. The fraction of sp³-hybridized carbons (Fsp3) is 0.692. The first-order chi connectivity index (χ1) is 8.24. The summed E-state index contributed by atoms with van der Waals surface area (Å²) < 4.78 is 1.97. The Kier molecular flexibility index (Phi) is 3.82. The normalized spacial score (nSPS) is 17.9. The van der Waals surface area contributed by atoms with Crippen LogP contribution in [0.1, 0.15) is 67.5 Å². The smallest absolute Gasteiger partial charge is 0.339 e. The van der Waals surface area contributed by atoms with Crippen LogP contribution in [0.25, 0.3) is 0 Å². The Hall–Kier alpha value is -1.32. The van der Waals surface area contributed by atoms with Crippen molar-refractivity contribution in [3.8, 4) is 0 Å². The molecule has 1 fully saturated rings. The van der Waals surface area contributed by atoms with Crippen LogP contribution in [0.2, 0.25) is 0 Å². The van der Waals surface area contributed by atoms with Crippen LogP contribution in [0, 0.1) is 0 Å². The molecule has 1 heterocycles. The largest absolute Gasteiger partial charge is 0.478 e. The third-order valence-electron chi connectivity index (χ3n) is 3.63. The Bertz CT molecular complexity index is 390. The van der Waals surface area contributed by atoms with Crippen molar-refractivity contribution in [2.24, 2.45) is 0 Å². The molecule has 2 rings (SSSR count). The van der Waals surface area contributed by atoms with Crippen LogP contribution in [0.5, 0.6) is 0 Å². The number of rotatable bonds is 3. The van der Waals surface area contributed by atoms with Gasteiger partial charge in [-0.05, 0) is 19.3 Å². The Morgan fingerprint density at radius 3 is 2.59 bits per heavy atom. The van der Waals surface area contributed by atoms with Crippen LogP contribution in [0.4, 0.5) is 0 Å². The standard InChI is InChI=1S/C13H20N2O2/c1-2-12-11(13(16)17)9-14-15(12)10-7-5-3-4-6-8-10/h9-10H,2-8H2,1H3,(H,16,17). The molecule has 1 saturated carbocycles. The molecule has 1 aromatic rings. The maximum Gasteiger partial charge on any atom is 0.339 e. The summed E-state index contributed by atoms with van der Waals surface area (Å²) in [6.45, 7) is 2.00. The molecule has 1 N–H and O–H groups in total. The van der Waals surface area contributed by atoms with E-state index in [4.69, 9.17) is 5.11 Å². The second-order valence-corrected chi connectivity index (χ2v) is 4.75. The summed E-state index contributed by atoms with van der Waals surface area (Å²) in [5.41, 5.74) is 1.25. The minimum Gasteiger partial charge on any atom is -0.478 e. The highest BCUT2D eigenvalue weighted by Crippen LogP contribution is 2.28. The van der Waals surface area contributed by atoms with Crippen molar-refractivity contribution in [2.75, 3.05) is 0 Å². The van der Waals surface area contributed by atoms with Gasteiger partial charge in [0.25, 0.3) is 0 Å². The lowest BCUT2D eigenvalue weighted by Gasteiger charge is -2.17. The van der Waals surface area contributed by atoms with Gasteiger partial charge in [0.05, 0.1) is 17.9 Å². The summed E-state index contributed by atoms with van der Waals surface area (Å²) in [5.74, 6) is -0.860. The van der Waals surface area contributed by atoms with E-state index in [1.807, 2.05) is 11.6 Å². The minimum absolute atomic E-state index is 0.372. The molecule has 0 unspecified atom stereocenters. The molecule has 4 heteroatoms. The average molecular weight is 236 g/mol. The molecular formula is C13H20N2O2. The van der Waals surface area contributed by atoms with Gasteiger partial charge < -0.3 is 5.11 Å². The zero-order chi connectivity index (χ0) is 12.3. The number of aromatic nitrogens is 2. The van der Waals surface area contributed by atoms with Crippen molar-refractivity contribution < 1.29 is 9.90 Å². The van der Waals surface area contributed by atoms with Crippen molar-refractivity contribution >= 4 is 5.97 Å². The lowest BCUT2D eigenvalue weighted by molar-refractivity contribution is 0.0695. The van der Waals surface area contributed by atoms with Gasteiger partial charge >= 0.3 is 5.97 Å². The molecular weight excluding hydrogens is 216 g/mol. The fourth-order valence-electron chi connectivity index (χ4n) is 2.74. The number of nitrogens with zero attached hydrogens (tertiary/aromatic N) is 2. The summed E-state index contributed by atoms with van der Waals surface area (Å²) in [7, 11) is 0. The molecule has 1 aromatic heterocycles. The molecule has 0 amide bonds. The van der Waals surface area contributed by atoms with Gasteiger partial charge in [-0.15, -0.1) is 0 Å². The van der Waals surface area contributed by atoms with Crippen LogP contribution in [0.3, 0.4) is 0 Å². The van der Waals surface area contributed by atoms with Crippen LogP contribution in [-0.2, 0) is 6.42 Å². The second kappa shape index (κ2) is 5.34. The molecule has 0 aromatic carbocycles. The molecule has 0 spiro atoms. The van der Waals surface area contributed by atoms with Crippen molar-refractivity contribution in [1.82, 2.24) is 9.78 Å². The lowest BCUT2D eigenvalue weighted by atomic mass is 10.1. The van der Waals surface area contributed by atoms with Crippen molar-refractivity contribution in [3.05, 3.63) is 17.5 Å². The predicted octanol–water partition coefficient (Wildman–Crippen LogP) is 3.04. The van der Waals surface area contributed by atoms with Crippen LogP contribution < -0.4 is 0 Å². The second-order valence-electron chi connectivity index (χ2n) is 4.75. The number of aromatic carboxylic acids is 1. The quantitative estimate of drug-likeness (QED) is 0.821. The lowest BCUT2D eigenvalue weighted by Crippen LogP contribution is -2.14. The van der Waals surface area contributed by atoms with E-state index in [1.54, 1.807) is 0 Å². The summed E-state index contributed by atoms with van der Waals surface area (Å²) in [5, 5.41) is 13.4. The molecule has 1 aliphatic rings. The van der Waals surface area contributed by atoms with E-state index >= 15 is 0 Å². The van der Waals surface area contributed by atoms with Crippen LogP contribution >= 0.6 is 0 Å². The van der Waals surface area contributed by atoms with Crippen molar-refractivity contribution in [3.63, 3.8) is 0 Å². The van der Waals surface area contributed by atoms with Crippen LogP contribution in [0.15, 0.2) is 6.20 Å². The summed E-state index contributed by atoms with van der Waals surface area (Å²) >= 11 is 0. The molecule has 4 nitrogen and oxygen atoms in total. The third-order valence-corrected chi connectivity index (χ3v) is 3.63. The number of carbonyl (C=O) groups is 1. The maximum atomic E-state index is 11.1. The summed E-state index contributed by atoms with van der Waals surface area (Å²) in [6.07, 6.45) is 9.56. The Balaban J connectivity index is 2.27. The van der Waals surface area contributed by atoms with Crippen molar-refractivity contribution in [2.45, 2.75) is 57.9 Å². The molecule has 0 saturated heterocycles. The van der Waals surface area contributed by atoms with Crippen molar-refractivity contribution in [1.29, 1.82) is 0 Å². The van der Waals surface area contributed by atoms with Crippen LogP contribution in [-0.4, -0.2) is 20.9 Å². The van der Waals surface area contributed by atoms with Gasteiger partial charge in [0.2, 0.25) is 0 Å². The van der Waals surface area contributed by atoms with E-state index in [2.05, 4.69) is 5.10 Å². The SMILES string of the molecule is CCc1c(C(=O)O)cnn1C1CCCCCC1. The predicted molar refractivity (Wildman–Crippen MR) is 65.3 cm³/mol. The van der Waals surface area contributed by atoms with E-state index < -0.39 is 5.97 Å². The Morgan fingerprint density at radius 1 is 1.41 bits per heavy atom. The van der Waals surface area contributed by atoms with Gasteiger partial charge in [-0.1, -0.05) is 32.6 Å².